The number of hydrogen-bond acceptors (Lipinski definition) is 4. The van der Waals surface area contributed by atoms with E-state index in [1.165, 1.54) is 12.1 Å². The Balaban J connectivity index is 2.05. The summed E-state index contributed by atoms with van der Waals surface area (Å²) in [6.07, 6.45) is 2.28. The molecule has 23 heavy (non-hydrogen) atoms. The minimum absolute atomic E-state index is 0.0272. The first-order chi connectivity index (χ1) is 11.1. The molecule has 1 atom stereocenters. The molecule has 2 N–H and O–H groups in total. The fourth-order valence-corrected chi connectivity index (χ4v) is 2.09. The molecule has 0 aliphatic heterocycles. The molecule has 6 heteroatoms. The SMILES string of the molecule is C=CCC(NNC(=O)c1ccccc1)c1ccc([N+](=O)[O-])cc1. The van der Waals surface area contributed by atoms with Gasteiger partial charge in [0.15, 0.2) is 0 Å². The van der Waals surface area contributed by atoms with Crippen LogP contribution in [0.4, 0.5) is 5.69 Å². The molecule has 0 aliphatic carbocycles. The molecule has 0 heterocycles. The van der Waals surface area contributed by atoms with Crippen molar-refractivity contribution in [1.82, 2.24) is 10.9 Å². The highest BCUT2D eigenvalue weighted by Gasteiger charge is 2.13. The van der Waals surface area contributed by atoms with Gasteiger partial charge in [0, 0.05) is 17.7 Å². The topological polar surface area (TPSA) is 84.3 Å². The third-order valence-corrected chi connectivity index (χ3v) is 3.30. The molecule has 2 aromatic rings. The van der Waals surface area contributed by atoms with Gasteiger partial charge in [-0.2, -0.15) is 0 Å². The van der Waals surface area contributed by atoms with Crippen LogP contribution in [0.15, 0.2) is 67.3 Å². The van der Waals surface area contributed by atoms with E-state index >= 15 is 0 Å². The second-order valence-corrected chi connectivity index (χ2v) is 4.89. The molecule has 6 nitrogen and oxygen atoms in total. The molecular weight excluding hydrogens is 294 g/mol. The quantitative estimate of drug-likeness (QED) is 0.467. The predicted octanol–water partition coefficient (Wildman–Crippen LogP) is 3.15. The number of hydrazine groups is 1. The van der Waals surface area contributed by atoms with E-state index in [0.717, 1.165) is 5.56 Å². The number of carbonyl (C=O) groups is 1. The third kappa shape index (κ3) is 4.49. The Labute approximate surface area is 134 Å². The molecular formula is C17H17N3O3. The van der Waals surface area contributed by atoms with E-state index in [1.807, 2.05) is 6.07 Å². The van der Waals surface area contributed by atoms with Crippen molar-refractivity contribution in [2.75, 3.05) is 0 Å². The highest BCUT2D eigenvalue weighted by Crippen LogP contribution is 2.20. The molecule has 1 amide bonds. The zero-order valence-electron chi connectivity index (χ0n) is 12.4. The zero-order valence-corrected chi connectivity index (χ0v) is 12.4. The Morgan fingerprint density at radius 3 is 2.39 bits per heavy atom. The van der Waals surface area contributed by atoms with E-state index in [1.54, 1.807) is 42.5 Å². The van der Waals surface area contributed by atoms with Crippen LogP contribution in [0.25, 0.3) is 0 Å². The molecule has 118 valence electrons. The van der Waals surface area contributed by atoms with Gasteiger partial charge in [-0.3, -0.25) is 20.3 Å². The summed E-state index contributed by atoms with van der Waals surface area (Å²) in [6.45, 7) is 3.70. The van der Waals surface area contributed by atoms with Gasteiger partial charge in [-0.15, -0.1) is 6.58 Å². The van der Waals surface area contributed by atoms with Gasteiger partial charge in [0.2, 0.25) is 0 Å². The number of nitro benzene ring substituents is 1. The number of benzene rings is 2. The van der Waals surface area contributed by atoms with Crippen molar-refractivity contribution in [3.63, 3.8) is 0 Å². The molecule has 0 saturated carbocycles. The van der Waals surface area contributed by atoms with E-state index in [4.69, 9.17) is 0 Å². The molecule has 0 spiro atoms. The number of carbonyl (C=O) groups excluding carboxylic acids is 1. The van der Waals surface area contributed by atoms with Crippen LogP contribution in [0.3, 0.4) is 0 Å². The van der Waals surface area contributed by atoms with E-state index in [0.29, 0.717) is 12.0 Å². The number of nitro groups is 1. The van der Waals surface area contributed by atoms with Crippen molar-refractivity contribution in [2.24, 2.45) is 0 Å². The summed E-state index contributed by atoms with van der Waals surface area (Å²) in [5.74, 6) is -0.249. The normalized spacial score (nSPS) is 11.5. The Kier molecular flexibility index (Phi) is 5.60. The number of amides is 1. The van der Waals surface area contributed by atoms with E-state index < -0.39 is 4.92 Å². The second kappa shape index (κ2) is 7.86. The molecule has 0 aliphatic rings. The maximum atomic E-state index is 12.0. The summed E-state index contributed by atoms with van der Waals surface area (Å²) in [7, 11) is 0. The van der Waals surface area contributed by atoms with Crippen LogP contribution in [0.2, 0.25) is 0 Å². The van der Waals surface area contributed by atoms with Gasteiger partial charge in [0.05, 0.1) is 11.0 Å². The van der Waals surface area contributed by atoms with Crippen LogP contribution in [0.1, 0.15) is 28.4 Å². The molecule has 0 aromatic heterocycles. The van der Waals surface area contributed by atoms with Crippen molar-refractivity contribution in [2.45, 2.75) is 12.5 Å². The lowest BCUT2D eigenvalue weighted by Gasteiger charge is -2.18. The Hall–Kier alpha value is -2.99. The maximum absolute atomic E-state index is 12.0. The van der Waals surface area contributed by atoms with E-state index in [9.17, 15) is 14.9 Å². The Bertz CT molecular complexity index is 684. The fraction of sp³-hybridized carbons (Fsp3) is 0.118. The van der Waals surface area contributed by atoms with Gasteiger partial charge in [0.1, 0.15) is 0 Å². The van der Waals surface area contributed by atoms with Crippen LogP contribution in [-0.2, 0) is 0 Å². The lowest BCUT2D eigenvalue weighted by atomic mass is 10.0. The van der Waals surface area contributed by atoms with Crippen molar-refractivity contribution in [3.8, 4) is 0 Å². The van der Waals surface area contributed by atoms with Crippen molar-refractivity contribution < 1.29 is 9.72 Å². The first-order valence-corrected chi connectivity index (χ1v) is 7.08. The maximum Gasteiger partial charge on any atom is 0.269 e. The monoisotopic (exact) mass is 311 g/mol. The molecule has 2 aromatic carbocycles. The summed E-state index contributed by atoms with van der Waals surface area (Å²) >= 11 is 0. The first kappa shape index (κ1) is 16.4. The molecule has 0 bridgehead atoms. The van der Waals surface area contributed by atoms with Crippen molar-refractivity contribution in [3.05, 3.63) is 88.5 Å². The van der Waals surface area contributed by atoms with Crippen LogP contribution in [-0.4, -0.2) is 10.8 Å². The molecule has 0 saturated heterocycles. The smallest absolute Gasteiger partial charge is 0.269 e. The van der Waals surface area contributed by atoms with E-state index in [2.05, 4.69) is 17.4 Å². The van der Waals surface area contributed by atoms with Gasteiger partial charge in [-0.1, -0.05) is 36.4 Å². The predicted molar refractivity (Wildman–Crippen MR) is 87.7 cm³/mol. The first-order valence-electron chi connectivity index (χ1n) is 7.08. The van der Waals surface area contributed by atoms with Crippen molar-refractivity contribution in [1.29, 1.82) is 0 Å². The molecule has 0 fully saturated rings. The average Bonchev–Trinajstić information content (AvgIpc) is 2.59. The highest BCUT2D eigenvalue weighted by atomic mass is 16.6. The highest BCUT2D eigenvalue weighted by molar-refractivity contribution is 5.93. The summed E-state index contributed by atoms with van der Waals surface area (Å²) < 4.78 is 0. The fourth-order valence-electron chi connectivity index (χ4n) is 2.09. The molecule has 0 radical (unpaired) electrons. The zero-order chi connectivity index (χ0) is 16.7. The second-order valence-electron chi connectivity index (χ2n) is 4.89. The molecule has 2 rings (SSSR count). The Morgan fingerprint density at radius 2 is 1.83 bits per heavy atom. The average molecular weight is 311 g/mol. The number of nitrogens with one attached hydrogen (secondary N) is 2. The summed E-state index contributed by atoms with van der Waals surface area (Å²) in [6, 6.07) is 14.8. The standard InChI is InChI=1S/C17H17N3O3/c1-2-6-16(13-9-11-15(12-10-13)20(22)23)18-19-17(21)14-7-4-3-5-8-14/h2-5,7-12,16,18H,1,6H2,(H,19,21). The minimum atomic E-state index is -0.448. The van der Waals surface area contributed by atoms with Crippen LogP contribution >= 0.6 is 0 Å². The van der Waals surface area contributed by atoms with Gasteiger partial charge in [-0.25, -0.2) is 5.43 Å². The lowest BCUT2D eigenvalue weighted by molar-refractivity contribution is -0.384. The lowest BCUT2D eigenvalue weighted by Crippen LogP contribution is -2.39. The number of non-ortho nitro benzene ring substituents is 1. The van der Waals surface area contributed by atoms with Gasteiger partial charge >= 0.3 is 0 Å². The Morgan fingerprint density at radius 1 is 1.17 bits per heavy atom. The molecule has 1 unspecified atom stereocenters. The van der Waals surface area contributed by atoms with Crippen molar-refractivity contribution >= 4 is 11.6 Å². The number of hydrogen-bond donors (Lipinski definition) is 2. The third-order valence-electron chi connectivity index (χ3n) is 3.30. The van der Waals surface area contributed by atoms with Crippen LogP contribution < -0.4 is 10.9 Å². The van der Waals surface area contributed by atoms with Gasteiger partial charge < -0.3 is 0 Å². The summed E-state index contributed by atoms with van der Waals surface area (Å²) in [4.78, 5) is 22.3. The number of nitrogens with zero attached hydrogens (tertiary/aromatic N) is 1. The van der Waals surface area contributed by atoms with E-state index in [-0.39, 0.29) is 17.6 Å². The van der Waals surface area contributed by atoms with Crippen LogP contribution in [0.5, 0.6) is 0 Å². The largest absolute Gasteiger partial charge is 0.287 e. The minimum Gasteiger partial charge on any atom is -0.287 e. The van der Waals surface area contributed by atoms with Gasteiger partial charge in [0.25, 0.3) is 11.6 Å². The van der Waals surface area contributed by atoms with Crippen LogP contribution in [0, 0.1) is 10.1 Å². The summed E-state index contributed by atoms with van der Waals surface area (Å²) in [5, 5.41) is 10.7. The van der Waals surface area contributed by atoms with Gasteiger partial charge in [-0.05, 0) is 24.1 Å². The summed E-state index contributed by atoms with van der Waals surface area (Å²) in [5.41, 5.74) is 6.99. The number of rotatable bonds is 7.